The number of primary sulfonamides is 1. The van der Waals surface area contributed by atoms with E-state index in [9.17, 15) is 8.42 Å². The Balaban J connectivity index is 0.000000167. The highest BCUT2D eigenvalue weighted by molar-refractivity contribution is 7.89. The van der Waals surface area contributed by atoms with Gasteiger partial charge >= 0.3 is 0 Å². The van der Waals surface area contributed by atoms with E-state index < -0.39 is 10.0 Å². The molecule has 0 atom stereocenters. The first-order valence-corrected chi connectivity index (χ1v) is 8.15. The summed E-state index contributed by atoms with van der Waals surface area (Å²) in [6.45, 7) is 0. The predicted octanol–water partition coefficient (Wildman–Crippen LogP) is 2.75. The first-order chi connectivity index (χ1) is 10.9. The van der Waals surface area contributed by atoms with Gasteiger partial charge in [-0.05, 0) is 47.2 Å². The summed E-state index contributed by atoms with van der Waals surface area (Å²) in [6.07, 6.45) is 0. The van der Waals surface area contributed by atoms with E-state index in [-0.39, 0.29) is 4.90 Å². The average Bonchev–Trinajstić information content (AvgIpc) is 2.54. The number of hydrogen-bond donors (Lipinski definition) is 2. The molecule has 0 heterocycles. The molecule has 0 fully saturated rings. The standard InChI is InChI=1S/C10H8O.C7H6N2O2S/c11-10-6-5-8-3-1-2-4-9(8)7-10;8-5-6-1-3-7(4-2-6)12(9,10)11/h1-7,11H;1-4H,(H2,9,10,11). The van der Waals surface area contributed by atoms with Gasteiger partial charge in [-0.15, -0.1) is 0 Å². The van der Waals surface area contributed by atoms with E-state index in [2.05, 4.69) is 0 Å². The molecule has 3 N–H and O–H groups in total. The lowest BCUT2D eigenvalue weighted by molar-refractivity contribution is 0.476. The van der Waals surface area contributed by atoms with Crippen LogP contribution < -0.4 is 5.14 Å². The summed E-state index contributed by atoms with van der Waals surface area (Å²) in [5.74, 6) is 0.323. The summed E-state index contributed by atoms with van der Waals surface area (Å²) in [7, 11) is -3.64. The minimum Gasteiger partial charge on any atom is -0.508 e. The summed E-state index contributed by atoms with van der Waals surface area (Å²) in [5.41, 5.74) is 0.405. The normalized spacial score (nSPS) is 10.4. The molecule has 0 radical (unpaired) electrons. The van der Waals surface area contributed by atoms with Crippen LogP contribution in [-0.4, -0.2) is 13.5 Å². The number of nitriles is 1. The van der Waals surface area contributed by atoms with Crippen LogP contribution in [-0.2, 0) is 10.0 Å². The molecule has 116 valence electrons. The Labute approximate surface area is 134 Å². The van der Waals surface area contributed by atoms with Crippen molar-refractivity contribution < 1.29 is 13.5 Å². The maximum Gasteiger partial charge on any atom is 0.238 e. The van der Waals surface area contributed by atoms with Crippen molar-refractivity contribution >= 4 is 20.8 Å². The fourth-order valence-electron chi connectivity index (χ4n) is 1.90. The number of nitrogens with two attached hydrogens (primary N) is 1. The maximum absolute atomic E-state index is 10.7. The molecule has 6 heteroatoms. The number of phenols is 1. The molecule has 0 saturated carbocycles. The van der Waals surface area contributed by atoms with Crippen molar-refractivity contribution in [3.05, 3.63) is 72.3 Å². The second-order valence-corrected chi connectivity index (χ2v) is 6.27. The van der Waals surface area contributed by atoms with Crippen molar-refractivity contribution in [3.63, 3.8) is 0 Å². The van der Waals surface area contributed by atoms with E-state index in [1.807, 2.05) is 36.4 Å². The molecule has 3 aromatic rings. The van der Waals surface area contributed by atoms with Gasteiger partial charge in [0.15, 0.2) is 0 Å². The Kier molecular flexibility index (Phi) is 4.96. The third-order valence-electron chi connectivity index (χ3n) is 3.04. The average molecular weight is 326 g/mol. The largest absolute Gasteiger partial charge is 0.508 e. The molecule has 0 saturated heterocycles. The number of hydrogen-bond acceptors (Lipinski definition) is 4. The molecule has 23 heavy (non-hydrogen) atoms. The van der Waals surface area contributed by atoms with Gasteiger partial charge in [0.05, 0.1) is 16.5 Å². The summed E-state index contributed by atoms with van der Waals surface area (Å²) in [6, 6.07) is 20.6. The van der Waals surface area contributed by atoms with Crippen molar-refractivity contribution in [1.82, 2.24) is 0 Å². The van der Waals surface area contributed by atoms with Crippen LogP contribution in [0.5, 0.6) is 5.75 Å². The minimum absolute atomic E-state index is 0.0153. The van der Waals surface area contributed by atoms with Gasteiger partial charge in [-0.1, -0.05) is 30.3 Å². The Morgan fingerprint density at radius 3 is 2.09 bits per heavy atom. The molecule has 0 aliphatic heterocycles. The number of rotatable bonds is 1. The molecule has 3 aromatic carbocycles. The van der Waals surface area contributed by atoms with Gasteiger partial charge in [-0.3, -0.25) is 0 Å². The van der Waals surface area contributed by atoms with Crippen LogP contribution in [0.15, 0.2) is 71.6 Å². The molecular formula is C17H14N2O3S. The van der Waals surface area contributed by atoms with E-state index in [1.165, 1.54) is 24.3 Å². The zero-order chi connectivity index (χ0) is 16.9. The minimum atomic E-state index is -3.64. The lowest BCUT2D eigenvalue weighted by atomic mass is 10.1. The molecule has 0 aliphatic carbocycles. The first-order valence-electron chi connectivity index (χ1n) is 6.61. The molecular weight excluding hydrogens is 312 g/mol. The van der Waals surface area contributed by atoms with Crippen LogP contribution in [0.1, 0.15) is 5.56 Å². The number of nitrogens with zero attached hydrogens (tertiary/aromatic N) is 1. The zero-order valence-corrected chi connectivity index (χ0v) is 12.9. The third-order valence-corrected chi connectivity index (χ3v) is 3.97. The van der Waals surface area contributed by atoms with Gasteiger partial charge in [0.25, 0.3) is 0 Å². The van der Waals surface area contributed by atoms with Crippen LogP contribution in [0, 0.1) is 11.3 Å². The van der Waals surface area contributed by atoms with E-state index in [1.54, 1.807) is 12.1 Å². The third kappa shape index (κ3) is 4.54. The second kappa shape index (κ2) is 6.92. The Bertz CT molecular complexity index is 959. The molecule has 0 unspecified atom stereocenters. The van der Waals surface area contributed by atoms with E-state index in [0.717, 1.165) is 10.8 Å². The van der Waals surface area contributed by atoms with Gasteiger partial charge < -0.3 is 5.11 Å². The van der Waals surface area contributed by atoms with Crippen molar-refractivity contribution in [3.8, 4) is 11.8 Å². The lowest BCUT2D eigenvalue weighted by Gasteiger charge is -1.96. The Morgan fingerprint density at radius 1 is 0.913 bits per heavy atom. The Hall–Kier alpha value is -2.88. The fourth-order valence-corrected chi connectivity index (χ4v) is 2.41. The lowest BCUT2D eigenvalue weighted by Crippen LogP contribution is -2.11. The molecule has 5 nitrogen and oxygen atoms in total. The van der Waals surface area contributed by atoms with Gasteiger partial charge in [0.2, 0.25) is 10.0 Å². The number of fused-ring (bicyclic) bond motifs is 1. The van der Waals surface area contributed by atoms with E-state index in [4.69, 9.17) is 15.5 Å². The SMILES string of the molecule is N#Cc1ccc(S(N)(=O)=O)cc1.Oc1ccc2ccccc2c1. The summed E-state index contributed by atoms with van der Waals surface area (Å²) >= 11 is 0. The van der Waals surface area contributed by atoms with Crippen molar-refractivity contribution in [1.29, 1.82) is 5.26 Å². The summed E-state index contributed by atoms with van der Waals surface area (Å²) in [5, 5.41) is 24.6. The monoisotopic (exact) mass is 326 g/mol. The van der Waals surface area contributed by atoms with Gasteiger partial charge in [0.1, 0.15) is 5.75 Å². The highest BCUT2D eigenvalue weighted by Crippen LogP contribution is 2.18. The topological polar surface area (TPSA) is 104 Å². The van der Waals surface area contributed by atoms with E-state index >= 15 is 0 Å². The van der Waals surface area contributed by atoms with Crippen molar-refractivity contribution in [2.24, 2.45) is 5.14 Å². The zero-order valence-electron chi connectivity index (χ0n) is 12.0. The van der Waals surface area contributed by atoms with Crippen LogP contribution in [0.25, 0.3) is 10.8 Å². The maximum atomic E-state index is 10.7. The molecule has 0 aliphatic rings. The van der Waals surface area contributed by atoms with Gasteiger partial charge in [-0.2, -0.15) is 5.26 Å². The van der Waals surface area contributed by atoms with E-state index in [0.29, 0.717) is 11.3 Å². The van der Waals surface area contributed by atoms with Gasteiger partial charge in [-0.25, -0.2) is 13.6 Å². The molecule has 3 rings (SSSR count). The number of phenolic OH excluding ortho intramolecular Hbond substituents is 1. The summed E-state index contributed by atoms with van der Waals surface area (Å²) in [4.78, 5) is 0.0153. The van der Waals surface area contributed by atoms with Crippen LogP contribution in [0.4, 0.5) is 0 Å². The Morgan fingerprint density at radius 2 is 1.52 bits per heavy atom. The highest BCUT2D eigenvalue weighted by Gasteiger charge is 2.05. The molecule has 0 bridgehead atoms. The predicted molar refractivity (Wildman–Crippen MR) is 88.1 cm³/mol. The highest BCUT2D eigenvalue weighted by atomic mass is 32.2. The van der Waals surface area contributed by atoms with Crippen molar-refractivity contribution in [2.75, 3.05) is 0 Å². The molecule has 0 aromatic heterocycles. The number of benzene rings is 3. The van der Waals surface area contributed by atoms with Crippen LogP contribution in [0.2, 0.25) is 0 Å². The second-order valence-electron chi connectivity index (χ2n) is 4.71. The van der Waals surface area contributed by atoms with Crippen molar-refractivity contribution in [2.45, 2.75) is 4.90 Å². The smallest absolute Gasteiger partial charge is 0.238 e. The van der Waals surface area contributed by atoms with Gasteiger partial charge in [0, 0.05) is 0 Å². The fraction of sp³-hybridized carbons (Fsp3) is 0. The van der Waals surface area contributed by atoms with Crippen LogP contribution in [0.3, 0.4) is 0 Å². The first kappa shape index (κ1) is 16.5. The molecule has 0 spiro atoms. The number of sulfonamides is 1. The quantitative estimate of drug-likeness (QED) is 0.717. The number of aromatic hydroxyl groups is 1. The molecule has 0 amide bonds. The van der Waals surface area contributed by atoms with Crippen LogP contribution >= 0.6 is 0 Å². The summed E-state index contributed by atoms with van der Waals surface area (Å²) < 4.78 is 21.5.